The lowest BCUT2D eigenvalue weighted by Gasteiger charge is -2.31. The van der Waals surface area contributed by atoms with Crippen molar-refractivity contribution >= 4 is 92.5 Å². The predicted molar refractivity (Wildman–Crippen MR) is 278 cm³/mol. The van der Waals surface area contributed by atoms with Crippen LogP contribution in [0.4, 0.5) is 0 Å². The van der Waals surface area contributed by atoms with Crippen LogP contribution in [0.3, 0.4) is 0 Å². The molecule has 0 aromatic heterocycles. The van der Waals surface area contributed by atoms with Gasteiger partial charge >= 0.3 is 0 Å². The van der Waals surface area contributed by atoms with Crippen LogP contribution in [0.15, 0.2) is 24.3 Å². The standard InChI is InChI=1S/C47H73N13O14S2/c1-5-24(3)38-45(71)59-39(25(4)61)46(72)56-31(21-35(50)63)41(67)55-30(20-34(49)62)42(68)57-32(47(73)60-17-8-10-33(60)44(70)54-28(9-7-16-48)40(66)52-22-36(51)64)23-76-75-18-15-37(65)53-29(43(69)58-38)19-26-11-13-27(14-12-26)74-6-2/h11-14,24-25,28-33,38-39,61H,5-10,15-23,48H2,1-4H3,(H2,49,62)(H2,50,63)(H2,51,64)(H,52,66)(H,53,65)(H,54,70)(H,55,67)(H,56,72)(H,57,68)(H,58,69)(H,59,71)/t24-,25+,28-,29+,30-,31-,32-,33-,38-,39-/m0/s1. The van der Waals surface area contributed by atoms with E-state index in [2.05, 4.69) is 42.5 Å². The van der Waals surface area contributed by atoms with Crippen LogP contribution in [0.25, 0.3) is 0 Å². The van der Waals surface area contributed by atoms with Crippen LogP contribution in [0.2, 0.25) is 0 Å². The summed E-state index contributed by atoms with van der Waals surface area (Å²) in [5, 5.41) is 30.6. The van der Waals surface area contributed by atoms with E-state index in [1.165, 1.54) is 4.90 Å². The van der Waals surface area contributed by atoms with E-state index in [1.54, 1.807) is 38.1 Å². The highest BCUT2D eigenvalue weighted by Crippen LogP contribution is 2.26. The molecule has 29 heteroatoms. The van der Waals surface area contributed by atoms with Gasteiger partial charge in [0, 0.05) is 30.9 Å². The van der Waals surface area contributed by atoms with Gasteiger partial charge in [0.15, 0.2) is 0 Å². The van der Waals surface area contributed by atoms with E-state index in [4.69, 9.17) is 27.7 Å². The zero-order valence-corrected chi connectivity index (χ0v) is 44.7. The number of rotatable bonds is 20. The molecule has 0 radical (unpaired) electrons. The number of amides is 12. The summed E-state index contributed by atoms with van der Waals surface area (Å²) < 4.78 is 5.54. The van der Waals surface area contributed by atoms with Crippen LogP contribution in [0.5, 0.6) is 5.75 Å². The van der Waals surface area contributed by atoms with Gasteiger partial charge in [0.25, 0.3) is 0 Å². The van der Waals surface area contributed by atoms with Crippen molar-refractivity contribution in [2.24, 2.45) is 28.9 Å². The quantitative estimate of drug-likeness (QED) is 0.0546. The number of hydrogen-bond acceptors (Lipinski definition) is 17. The Morgan fingerprint density at radius 3 is 1.95 bits per heavy atom. The Labute approximate surface area is 447 Å². The Hall–Kier alpha value is -6.72. The van der Waals surface area contributed by atoms with Gasteiger partial charge in [-0.2, -0.15) is 0 Å². The molecule has 12 amide bonds. The highest BCUT2D eigenvalue weighted by Gasteiger charge is 2.41. The van der Waals surface area contributed by atoms with Gasteiger partial charge in [0.05, 0.1) is 32.1 Å². The molecule has 2 aliphatic heterocycles. The molecule has 0 spiro atoms. The number of likely N-dealkylation sites (tertiary alicyclic amines) is 1. The van der Waals surface area contributed by atoms with E-state index in [0.29, 0.717) is 37.2 Å². The molecule has 1 aromatic carbocycles. The van der Waals surface area contributed by atoms with Gasteiger partial charge in [0.1, 0.15) is 54.1 Å². The molecule has 10 atom stereocenters. The lowest BCUT2D eigenvalue weighted by atomic mass is 9.96. The van der Waals surface area contributed by atoms with E-state index in [-0.39, 0.29) is 50.3 Å². The summed E-state index contributed by atoms with van der Waals surface area (Å²) in [6.45, 7) is 6.41. The molecule has 2 aliphatic rings. The summed E-state index contributed by atoms with van der Waals surface area (Å²) in [6, 6.07) is -5.27. The zero-order chi connectivity index (χ0) is 56.6. The van der Waals surface area contributed by atoms with E-state index >= 15 is 0 Å². The monoisotopic (exact) mass is 1110 g/mol. The minimum absolute atomic E-state index is 0.00989. The number of aliphatic hydroxyl groups is 1. The largest absolute Gasteiger partial charge is 0.494 e. The average molecular weight is 1110 g/mol. The number of nitrogens with one attached hydrogen (secondary N) is 8. The van der Waals surface area contributed by atoms with Gasteiger partial charge in [-0.25, -0.2) is 0 Å². The Balaban J connectivity index is 2.08. The van der Waals surface area contributed by atoms with Gasteiger partial charge in [-0.3, -0.25) is 57.5 Å². The molecule has 0 bridgehead atoms. The van der Waals surface area contributed by atoms with Crippen molar-refractivity contribution in [3.8, 4) is 5.75 Å². The molecular formula is C47H73N13O14S2. The minimum atomic E-state index is -1.90. The van der Waals surface area contributed by atoms with Gasteiger partial charge in [-0.1, -0.05) is 54.0 Å². The maximum absolute atomic E-state index is 14.6. The number of carbonyl (C=O) groups excluding carboxylic acids is 12. The second kappa shape index (κ2) is 32.0. The van der Waals surface area contributed by atoms with Gasteiger partial charge in [-0.05, 0) is 69.7 Å². The lowest BCUT2D eigenvalue weighted by Crippen LogP contribution is -2.63. The normalized spacial score (nSPS) is 23.9. The highest BCUT2D eigenvalue weighted by atomic mass is 33.1. The van der Waals surface area contributed by atoms with Crippen LogP contribution in [0.1, 0.15) is 84.6 Å². The Morgan fingerprint density at radius 1 is 0.776 bits per heavy atom. The zero-order valence-electron chi connectivity index (χ0n) is 43.0. The van der Waals surface area contributed by atoms with Gasteiger partial charge < -0.3 is 80.2 Å². The number of nitrogens with two attached hydrogens (primary N) is 4. The maximum Gasteiger partial charge on any atom is 0.246 e. The van der Waals surface area contributed by atoms with Crippen molar-refractivity contribution in [3.63, 3.8) is 0 Å². The number of nitrogens with zero attached hydrogens (tertiary/aromatic N) is 1. The molecule has 0 saturated carbocycles. The van der Waals surface area contributed by atoms with Crippen LogP contribution < -0.4 is 70.2 Å². The summed E-state index contributed by atoms with van der Waals surface area (Å²) >= 11 is 0. The summed E-state index contributed by atoms with van der Waals surface area (Å²) in [6.07, 6.45) is -2.53. The Kier molecular flexibility index (Phi) is 26.8. The fourth-order valence-electron chi connectivity index (χ4n) is 7.97. The summed E-state index contributed by atoms with van der Waals surface area (Å²) in [7, 11) is 2.13. The Bertz CT molecular complexity index is 2240. The fourth-order valence-corrected chi connectivity index (χ4v) is 10.1. The first kappa shape index (κ1) is 63.6. The van der Waals surface area contributed by atoms with Gasteiger partial charge in [-0.15, -0.1) is 0 Å². The molecule has 2 fully saturated rings. The third-order valence-electron chi connectivity index (χ3n) is 12.2. The predicted octanol–water partition coefficient (Wildman–Crippen LogP) is -4.68. The van der Waals surface area contributed by atoms with Crippen LogP contribution in [0, 0.1) is 5.92 Å². The van der Waals surface area contributed by atoms with E-state index in [9.17, 15) is 62.6 Å². The number of primary amides is 3. The first-order valence-electron chi connectivity index (χ1n) is 24.9. The van der Waals surface area contributed by atoms with Crippen molar-refractivity contribution in [2.75, 3.05) is 37.7 Å². The number of carbonyl (C=O) groups is 12. The van der Waals surface area contributed by atoms with Crippen LogP contribution in [-0.4, -0.2) is 173 Å². The summed E-state index contributed by atoms with van der Waals surface area (Å²) in [5.74, 6) is -11.4. The molecule has 0 unspecified atom stereocenters. The maximum atomic E-state index is 14.6. The summed E-state index contributed by atoms with van der Waals surface area (Å²) in [4.78, 5) is 162. The van der Waals surface area contributed by atoms with E-state index < -0.39 is 151 Å². The molecule has 2 heterocycles. The van der Waals surface area contributed by atoms with Crippen molar-refractivity contribution < 1.29 is 67.4 Å². The van der Waals surface area contributed by atoms with E-state index in [0.717, 1.165) is 28.5 Å². The second-order valence-corrected chi connectivity index (χ2v) is 20.9. The molecule has 422 valence electrons. The van der Waals surface area contributed by atoms with Crippen molar-refractivity contribution in [3.05, 3.63) is 29.8 Å². The van der Waals surface area contributed by atoms with Crippen molar-refractivity contribution in [1.29, 1.82) is 0 Å². The number of hydrogen-bond donors (Lipinski definition) is 13. The van der Waals surface area contributed by atoms with Crippen LogP contribution in [-0.2, 0) is 64.0 Å². The first-order chi connectivity index (χ1) is 36.0. The molecule has 3 rings (SSSR count). The molecular weight excluding hydrogens is 1030 g/mol. The number of benzene rings is 1. The minimum Gasteiger partial charge on any atom is -0.494 e. The van der Waals surface area contributed by atoms with Crippen molar-refractivity contribution in [1.82, 2.24) is 47.4 Å². The smallest absolute Gasteiger partial charge is 0.246 e. The van der Waals surface area contributed by atoms with Crippen molar-refractivity contribution in [2.45, 2.75) is 140 Å². The van der Waals surface area contributed by atoms with E-state index in [1.807, 2.05) is 6.92 Å². The third-order valence-corrected chi connectivity index (χ3v) is 14.6. The molecule has 27 nitrogen and oxygen atoms in total. The molecule has 1 aromatic rings. The topological polar surface area (TPSA) is 438 Å². The fraction of sp³-hybridized carbons (Fsp3) is 0.617. The molecule has 17 N–H and O–H groups in total. The van der Waals surface area contributed by atoms with Gasteiger partial charge in [0.2, 0.25) is 70.9 Å². The third kappa shape index (κ3) is 20.8. The molecule has 2 saturated heterocycles. The SMILES string of the molecule is CCOc1ccc(C[C@H]2NC(=O)CCSSC[C@@H](C(=O)N3CCC[C@H]3C(=O)N[C@@H](CCCN)C(=O)NCC(N)=O)NC(=O)[C@H](CC(N)=O)NC(=O)[C@H](CC(N)=O)NC(=O)[C@H]([C@@H](C)O)NC(=O)[C@H]([C@@H](C)CC)NC2=O)cc1. The highest BCUT2D eigenvalue weighted by molar-refractivity contribution is 8.76. The number of ether oxygens (including phenoxy) is 1. The summed E-state index contributed by atoms with van der Waals surface area (Å²) in [5.41, 5.74) is 22.4. The Morgan fingerprint density at radius 2 is 1.37 bits per heavy atom. The second-order valence-electron chi connectivity index (χ2n) is 18.2. The van der Waals surface area contributed by atoms with Crippen LogP contribution >= 0.6 is 21.6 Å². The average Bonchev–Trinajstić information content (AvgIpc) is 3.86. The molecule has 0 aliphatic carbocycles. The first-order valence-corrected chi connectivity index (χ1v) is 27.4. The molecule has 76 heavy (non-hydrogen) atoms. The lowest BCUT2D eigenvalue weighted by molar-refractivity contribution is -0.142. The number of aliphatic hydroxyl groups excluding tert-OH is 1.